The van der Waals surface area contributed by atoms with Crippen molar-refractivity contribution in [3.8, 4) is 0 Å². The third kappa shape index (κ3) is 4.03. The number of anilines is 1. The predicted octanol–water partition coefficient (Wildman–Crippen LogP) is 5.77. The third-order valence-corrected chi connectivity index (χ3v) is 11.1. The van der Waals surface area contributed by atoms with Gasteiger partial charge < -0.3 is 4.23 Å². The third-order valence-electron chi connectivity index (χ3n) is 3.50. The minimum absolute atomic E-state index is 0.476. The van der Waals surface area contributed by atoms with E-state index in [0.29, 0.717) is 11.8 Å². The van der Waals surface area contributed by atoms with E-state index in [-0.39, 0.29) is 0 Å². The molecule has 0 atom stereocenters. The molecule has 0 saturated heterocycles. The summed E-state index contributed by atoms with van der Waals surface area (Å²) in [6, 6.07) is 6.61. The molecule has 1 rings (SSSR count). The summed E-state index contributed by atoms with van der Waals surface area (Å²) in [6.07, 6.45) is 0. The van der Waals surface area contributed by atoms with Crippen molar-refractivity contribution in [2.75, 3.05) is 4.23 Å². The highest BCUT2D eigenvalue weighted by atomic mass is 35.7. The molecule has 0 aliphatic carbocycles. The van der Waals surface area contributed by atoms with Gasteiger partial charge in [-0.25, -0.2) is 0 Å². The summed E-state index contributed by atoms with van der Waals surface area (Å²) in [5.41, 5.74) is 4.06. The quantitative estimate of drug-likeness (QED) is 0.482. The molecule has 1 aromatic rings. The van der Waals surface area contributed by atoms with Gasteiger partial charge in [-0.3, -0.25) is 0 Å². The smallest absolute Gasteiger partial charge is 0.329 e. The zero-order valence-electron chi connectivity index (χ0n) is 13.7. The van der Waals surface area contributed by atoms with Crippen LogP contribution in [0.2, 0.25) is 19.6 Å². The van der Waals surface area contributed by atoms with E-state index in [0.717, 1.165) is 0 Å². The molecule has 0 saturated carbocycles. The number of benzene rings is 1. The first-order valence-electron chi connectivity index (χ1n) is 7.27. The Bertz CT molecular complexity index is 427. The van der Waals surface area contributed by atoms with Gasteiger partial charge in [0.2, 0.25) is 0 Å². The van der Waals surface area contributed by atoms with Gasteiger partial charge in [-0.15, -0.1) is 22.2 Å². The van der Waals surface area contributed by atoms with Crippen molar-refractivity contribution in [3.05, 3.63) is 29.3 Å². The highest BCUT2D eigenvalue weighted by Gasteiger charge is 2.33. The maximum Gasteiger partial charge on any atom is 0.329 e. The fourth-order valence-corrected chi connectivity index (χ4v) is 12.1. The standard InChI is InChI=1S/C15H27Cl2NSi2/c1-11(2)13-9-8-10-14(12(3)4)15(13)18(19(16)17)20(5,6)7/h8-12,19H,1-7H3. The molecule has 0 spiro atoms. The number of hydrogen-bond acceptors (Lipinski definition) is 1. The molecule has 0 aromatic heterocycles. The summed E-state index contributed by atoms with van der Waals surface area (Å²) < 4.78 is 2.40. The maximum atomic E-state index is 6.48. The second kappa shape index (κ2) is 6.86. The van der Waals surface area contributed by atoms with Crippen LogP contribution >= 0.6 is 22.2 Å². The molecular formula is C15H27Cl2NSi2. The van der Waals surface area contributed by atoms with Crippen molar-refractivity contribution >= 4 is 43.7 Å². The lowest BCUT2D eigenvalue weighted by Gasteiger charge is -2.41. The molecule has 0 unspecified atom stereocenters. The molecule has 114 valence electrons. The first kappa shape index (κ1) is 18.1. The zero-order chi connectivity index (χ0) is 15.7. The SMILES string of the molecule is CC(C)c1cccc(C(C)C)c1N([SiH](Cl)Cl)[Si](C)(C)C. The minimum atomic E-state index is -1.94. The van der Waals surface area contributed by atoms with Gasteiger partial charge in [-0.2, -0.15) is 0 Å². The molecule has 20 heavy (non-hydrogen) atoms. The summed E-state index contributed by atoms with van der Waals surface area (Å²) in [4.78, 5) is 0. The Morgan fingerprint density at radius 3 is 1.60 bits per heavy atom. The van der Waals surface area contributed by atoms with E-state index < -0.39 is 15.8 Å². The second-order valence-corrected chi connectivity index (χ2v) is 16.5. The summed E-state index contributed by atoms with van der Waals surface area (Å²) in [5.74, 6) is 0.951. The molecule has 0 bridgehead atoms. The van der Waals surface area contributed by atoms with Gasteiger partial charge in [0.25, 0.3) is 0 Å². The highest BCUT2D eigenvalue weighted by molar-refractivity contribution is 7.38. The molecule has 0 heterocycles. The van der Waals surface area contributed by atoms with Crippen LogP contribution in [0.25, 0.3) is 0 Å². The van der Waals surface area contributed by atoms with Gasteiger partial charge in [-0.05, 0) is 23.0 Å². The van der Waals surface area contributed by atoms with Crippen molar-refractivity contribution < 1.29 is 0 Å². The van der Waals surface area contributed by atoms with Crippen LogP contribution in [0, 0.1) is 0 Å². The Labute approximate surface area is 136 Å². The lowest BCUT2D eigenvalue weighted by atomic mass is 9.93. The number of nitrogens with zero attached hydrogens (tertiary/aromatic N) is 1. The van der Waals surface area contributed by atoms with Crippen LogP contribution in [0.1, 0.15) is 50.7 Å². The van der Waals surface area contributed by atoms with Crippen molar-refractivity contribution in [1.29, 1.82) is 0 Å². The van der Waals surface area contributed by atoms with Crippen LogP contribution in [0.5, 0.6) is 0 Å². The Balaban J connectivity index is 3.60. The Morgan fingerprint density at radius 1 is 0.950 bits per heavy atom. The number of halogens is 2. The molecular weight excluding hydrogens is 321 g/mol. The Hall–Kier alpha value is 0.0338. The zero-order valence-corrected chi connectivity index (χ0v) is 17.3. The van der Waals surface area contributed by atoms with E-state index in [4.69, 9.17) is 22.2 Å². The van der Waals surface area contributed by atoms with Gasteiger partial charge in [-0.1, -0.05) is 65.5 Å². The molecule has 1 nitrogen and oxygen atoms in total. The highest BCUT2D eigenvalue weighted by Crippen LogP contribution is 2.39. The monoisotopic (exact) mass is 347 g/mol. The normalized spacial score (nSPS) is 12.6. The van der Waals surface area contributed by atoms with Crippen molar-refractivity contribution in [2.45, 2.75) is 59.2 Å². The molecule has 0 aliphatic heterocycles. The molecule has 0 fully saturated rings. The van der Waals surface area contributed by atoms with Crippen LogP contribution in [0.4, 0.5) is 5.69 Å². The molecule has 5 heteroatoms. The largest absolute Gasteiger partial charge is 0.403 e. The topological polar surface area (TPSA) is 3.24 Å². The Morgan fingerprint density at radius 2 is 1.35 bits per heavy atom. The number of rotatable bonds is 5. The second-order valence-electron chi connectivity index (χ2n) is 6.91. The van der Waals surface area contributed by atoms with Gasteiger partial charge in [0.1, 0.15) is 8.24 Å². The van der Waals surface area contributed by atoms with E-state index in [1.54, 1.807) is 0 Å². The minimum Gasteiger partial charge on any atom is -0.403 e. The van der Waals surface area contributed by atoms with E-state index in [2.05, 4.69) is 69.8 Å². The molecule has 0 aliphatic rings. The van der Waals surface area contributed by atoms with Gasteiger partial charge in [0, 0.05) is 5.69 Å². The average Bonchev–Trinajstić information content (AvgIpc) is 2.25. The van der Waals surface area contributed by atoms with Gasteiger partial charge in [0.05, 0.1) is 0 Å². The van der Waals surface area contributed by atoms with E-state index >= 15 is 0 Å². The fourth-order valence-electron chi connectivity index (χ4n) is 2.52. The van der Waals surface area contributed by atoms with Crippen molar-refractivity contribution in [1.82, 2.24) is 0 Å². The van der Waals surface area contributed by atoms with Crippen molar-refractivity contribution in [2.24, 2.45) is 0 Å². The fraction of sp³-hybridized carbons (Fsp3) is 0.600. The van der Waals surface area contributed by atoms with Gasteiger partial charge >= 0.3 is 7.58 Å². The summed E-state index contributed by atoms with van der Waals surface area (Å²) in [5, 5.41) is 0. The predicted molar refractivity (Wildman–Crippen MR) is 99.3 cm³/mol. The van der Waals surface area contributed by atoms with Gasteiger partial charge in [0.15, 0.2) is 0 Å². The molecule has 1 aromatic carbocycles. The lowest BCUT2D eigenvalue weighted by Crippen LogP contribution is -2.52. The van der Waals surface area contributed by atoms with E-state index in [1.165, 1.54) is 16.8 Å². The molecule has 0 amide bonds. The maximum absolute atomic E-state index is 6.48. The van der Waals surface area contributed by atoms with Crippen LogP contribution in [0.15, 0.2) is 18.2 Å². The first-order valence-corrected chi connectivity index (χ1v) is 14.7. The Kier molecular flexibility index (Phi) is 6.20. The van der Waals surface area contributed by atoms with Crippen LogP contribution in [-0.2, 0) is 0 Å². The molecule has 0 N–H and O–H groups in total. The molecule has 0 radical (unpaired) electrons. The summed E-state index contributed by atoms with van der Waals surface area (Å²) >= 11 is 13.0. The number of para-hydroxylation sites is 1. The van der Waals surface area contributed by atoms with Crippen LogP contribution in [0.3, 0.4) is 0 Å². The number of hydrogen-bond donors (Lipinski definition) is 0. The summed E-state index contributed by atoms with van der Waals surface area (Å²) in [7, 11) is -3.55. The lowest BCUT2D eigenvalue weighted by molar-refractivity contribution is 0.835. The van der Waals surface area contributed by atoms with E-state index in [9.17, 15) is 0 Å². The van der Waals surface area contributed by atoms with Crippen LogP contribution in [-0.4, -0.2) is 15.8 Å². The van der Waals surface area contributed by atoms with Crippen LogP contribution < -0.4 is 4.23 Å². The van der Waals surface area contributed by atoms with E-state index in [1.807, 2.05) is 0 Å². The average molecular weight is 348 g/mol. The first-order chi connectivity index (χ1) is 9.07. The summed E-state index contributed by atoms with van der Waals surface area (Å²) in [6.45, 7) is 15.9. The van der Waals surface area contributed by atoms with Crippen molar-refractivity contribution in [3.63, 3.8) is 0 Å².